The number of methoxy groups -OCH3 is 1. The molecule has 0 bridgehead atoms. The quantitative estimate of drug-likeness (QED) is 0.263. The first-order valence-electron chi connectivity index (χ1n) is 12.0. The number of ether oxygens (including phenoxy) is 5. The van der Waals surface area contributed by atoms with Gasteiger partial charge in [-0.25, -0.2) is 22.6 Å². The molecular formula is C25H21F6N3O7. The number of aliphatic hydroxyl groups excluding tert-OH is 1. The van der Waals surface area contributed by atoms with E-state index >= 15 is 0 Å². The van der Waals surface area contributed by atoms with Crippen molar-refractivity contribution in [1.82, 2.24) is 15.0 Å². The molecule has 220 valence electrons. The van der Waals surface area contributed by atoms with E-state index in [-0.39, 0.29) is 17.9 Å². The smallest absolute Gasteiger partial charge is 0.467 e. The minimum absolute atomic E-state index is 0.242. The van der Waals surface area contributed by atoms with Gasteiger partial charge in [-0.15, -0.1) is 18.3 Å². The van der Waals surface area contributed by atoms with Crippen LogP contribution in [0, 0.1) is 17.5 Å². The Kier molecular flexibility index (Phi) is 8.02. The van der Waals surface area contributed by atoms with Crippen LogP contribution < -0.4 is 0 Å². The molecule has 5 rings (SSSR count). The van der Waals surface area contributed by atoms with Gasteiger partial charge in [-0.2, -0.15) is 0 Å². The highest BCUT2D eigenvalue weighted by Gasteiger charge is 2.57. The van der Waals surface area contributed by atoms with Crippen molar-refractivity contribution in [3.63, 3.8) is 0 Å². The fraction of sp³-hybridized carbons (Fsp3) is 0.400. The zero-order chi connectivity index (χ0) is 29.5. The molecule has 1 aromatic heterocycles. The number of alkyl halides is 3. The Morgan fingerprint density at radius 1 is 1.12 bits per heavy atom. The Hall–Kier alpha value is -3.57. The van der Waals surface area contributed by atoms with Gasteiger partial charge in [0.15, 0.2) is 29.8 Å². The molecule has 3 aromatic rings. The molecular weight excluding hydrogens is 568 g/mol. The van der Waals surface area contributed by atoms with Crippen LogP contribution >= 0.6 is 0 Å². The van der Waals surface area contributed by atoms with E-state index in [9.17, 15) is 36.2 Å². The molecule has 16 heteroatoms. The highest BCUT2D eigenvalue weighted by molar-refractivity contribution is 5.75. The number of esters is 1. The normalized spacial score (nSPS) is 27.2. The van der Waals surface area contributed by atoms with Gasteiger partial charge in [-0.05, 0) is 12.1 Å². The van der Waals surface area contributed by atoms with Crippen LogP contribution in [0.3, 0.4) is 0 Å². The fourth-order valence-corrected chi connectivity index (χ4v) is 4.77. The first-order chi connectivity index (χ1) is 19.5. The number of rotatable bonds is 6. The summed E-state index contributed by atoms with van der Waals surface area (Å²) in [7, 11) is 0.913. The molecule has 2 aliphatic rings. The van der Waals surface area contributed by atoms with Crippen LogP contribution in [0.25, 0.3) is 11.3 Å². The molecule has 2 aliphatic heterocycles. The Labute approximate surface area is 227 Å². The SMILES string of the molecule is COC(=O)[C@@H](O)[C@@H]1OC2COC(c3ccccc3)O[C@@H]2[C@H](n2cc(-c3cc(F)c(F)c(F)c3)nn2)C1OC(F)(F)F. The van der Waals surface area contributed by atoms with Gasteiger partial charge in [0.25, 0.3) is 0 Å². The average Bonchev–Trinajstić information content (AvgIpc) is 3.43. The zero-order valence-electron chi connectivity index (χ0n) is 20.9. The van der Waals surface area contributed by atoms with Crippen molar-refractivity contribution in [1.29, 1.82) is 0 Å². The van der Waals surface area contributed by atoms with E-state index in [0.717, 1.165) is 18.0 Å². The molecule has 41 heavy (non-hydrogen) atoms. The number of hydrogen-bond donors (Lipinski definition) is 1. The van der Waals surface area contributed by atoms with E-state index in [1.165, 1.54) is 0 Å². The van der Waals surface area contributed by atoms with Crippen LogP contribution in [0.2, 0.25) is 0 Å². The van der Waals surface area contributed by atoms with Gasteiger partial charge in [0.1, 0.15) is 36.2 Å². The van der Waals surface area contributed by atoms with Crippen LogP contribution in [-0.2, 0) is 28.5 Å². The molecule has 0 spiro atoms. The third-order valence-electron chi connectivity index (χ3n) is 6.58. The van der Waals surface area contributed by atoms with Crippen molar-refractivity contribution in [3.8, 4) is 11.3 Å². The molecule has 0 saturated carbocycles. The second-order valence-electron chi connectivity index (χ2n) is 9.14. The number of hydrogen-bond acceptors (Lipinski definition) is 9. The zero-order valence-corrected chi connectivity index (χ0v) is 20.9. The summed E-state index contributed by atoms with van der Waals surface area (Å²) in [6.07, 6.45) is -14.2. The number of aromatic nitrogens is 3. The van der Waals surface area contributed by atoms with E-state index in [4.69, 9.17) is 14.2 Å². The van der Waals surface area contributed by atoms with Crippen LogP contribution in [0.15, 0.2) is 48.7 Å². The molecule has 10 nitrogen and oxygen atoms in total. The molecule has 0 aliphatic carbocycles. The minimum Gasteiger partial charge on any atom is -0.467 e. The molecule has 0 radical (unpaired) electrons. The lowest BCUT2D eigenvalue weighted by atomic mass is 9.89. The first-order valence-corrected chi connectivity index (χ1v) is 12.0. The number of carbonyl (C=O) groups is 1. The van der Waals surface area contributed by atoms with Gasteiger partial charge in [-0.1, -0.05) is 35.5 Å². The number of aliphatic hydroxyl groups is 1. The summed E-state index contributed by atoms with van der Waals surface area (Å²) in [6.45, 7) is -0.250. The number of halogens is 6. The lowest BCUT2D eigenvalue weighted by Gasteiger charge is -2.49. The second-order valence-corrected chi connectivity index (χ2v) is 9.14. The lowest BCUT2D eigenvalue weighted by Crippen LogP contribution is -2.64. The Balaban J connectivity index is 1.59. The maximum absolute atomic E-state index is 13.9. The van der Waals surface area contributed by atoms with E-state index < -0.39 is 72.6 Å². The van der Waals surface area contributed by atoms with Gasteiger partial charge in [0.05, 0.1) is 19.9 Å². The van der Waals surface area contributed by atoms with E-state index in [1.807, 2.05) is 0 Å². The fourth-order valence-electron chi connectivity index (χ4n) is 4.77. The molecule has 2 fully saturated rings. The molecule has 3 heterocycles. The van der Waals surface area contributed by atoms with Gasteiger partial charge >= 0.3 is 12.3 Å². The molecule has 7 atom stereocenters. The molecule has 3 unspecified atom stereocenters. The Morgan fingerprint density at radius 2 is 1.80 bits per heavy atom. The second kappa shape index (κ2) is 11.4. The van der Waals surface area contributed by atoms with Crippen molar-refractivity contribution >= 4 is 5.97 Å². The van der Waals surface area contributed by atoms with Gasteiger partial charge in [0.2, 0.25) is 0 Å². The lowest BCUT2D eigenvalue weighted by molar-refractivity contribution is -0.392. The highest BCUT2D eigenvalue weighted by atomic mass is 19.4. The van der Waals surface area contributed by atoms with Crippen molar-refractivity contribution in [2.75, 3.05) is 13.7 Å². The third kappa shape index (κ3) is 5.92. The summed E-state index contributed by atoms with van der Waals surface area (Å²) < 4.78 is 109. The maximum atomic E-state index is 13.9. The molecule has 2 saturated heterocycles. The maximum Gasteiger partial charge on any atom is 0.522 e. The van der Waals surface area contributed by atoms with Crippen molar-refractivity contribution in [3.05, 3.63) is 71.7 Å². The summed E-state index contributed by atoms with van der Waals surface area (Å²) in [5.74, 6) is -6.09. The predicted molar refractivity (Wildman–Crippen MR) is 122 cm³/mol. The van der Waals surface area contributed by atoms with Crippen molar-refractivity contribution in [2.45, 2.75) is 49.2 Å². The summed E-state index contributed by atoms with van der Waals surface area (Å²) >= 11 is 0. The Morgan fingerprint density at radius 3 is 2.44 bits per heavy atom. The molecule has 0 amide bonds. The van der Waals surface area contributed by atoms with Crippen LogP contribution in [0.4, 0.5) is 26.3 Å². The van der Waals surface area contributed by atoms with Crippen molar-refractivity contribution < 1.29 is 59.9 Å². The van der Waals surface area contributed by atoms with Crippen molar-refractivity contribution in [2.24, 2.45) is 0 Å². The predicted octanol–water partition coefficient (Wildman–Crippen LogP) is 3.22. The summed E-state index contributed by atoms with van der Waals surface area (Å²) in [6, 6.07) is 8.06. The topological polar surface area (TPSA) is 114 Å². The standard InChI is InChI=1S/C25H21F6N3O7/c1-37-23(36)19(35)22-21(41-25(29,30)31)18(20-16(39-22)10-38-24(40-20)11-5-3-2-4-6-11)34-9-15(32-33-34)12-7-13(26)17(28)14(27)8-12/h2-9,16,18-22,24,35H,10H2,1H3/t16?,18-,19-,20-,21?,22-,24?/m0/s1. The average molecular weight is 589 g/mol. The van der Waals surface area contributed by atoms with Gasteiger partial charge in [0, 0.05) is 11.1 Å². The third-order valence-corrected chi connectivity index (χ3v) is 6.58. The summed E-state index contributed by atoms with van der Waals surface area (Å²) in [4.78, 5) is 12.2. The van der Waals surface area contributed by atoms with Crippen LogP contribution in [0.1, 0.15) is 17.9 Å². The van der Waals surface area contributed by atoms with Gasteiger partial charge < -0.3 is 24.1 Å². The largest absolute Gasteiger partial charge is 0.522 e. The summed E-state index contributed by atoms with van der Waals surface area (Å²) in [5, 5.41) is 18.2. The van der Waals surface area contributed by atoms with E-state index in [1.54, 1.807) is 30.3 Å². The molecule has 1 N–H and O–H groups in total. The highest BCUT2D eigenvalue weighted by Crippen LogP contribution is 2.43. The first kappa shape index (κ1) is 28.9. The Bertz CT molecular complexity index is 1370. The number of carbonyl (C=O) groups excluding carboxylic acids is 1. The monoisotopic (exact) mass is 589 g/mol. The number of fused-ring (bicyclic) bond motifs is 1. The number of nitrogens with zero attached hydrogens (tertiary/aromatic N) is 3. The van der Waals surface area contributed by atoms with Crippen LogP contribution in [0.5, 0.6) is 0 Å². The minimum atomic E-state index is -5.30. The van der Waals surface area contributed by atoms with Crippen LogP contribution in [-0.4, -0.2) is 76.7 Å². The van der Waals surface area contributed by atoms with E-state index in [0.29, 0.717) is 17.7 Å². The summed E-state index contributed by atoms with van der Waals surface area (Å²) in [5.41, 5.74) is 0.00494. The molecule has 2 aromatic carbocycles. The number of benzene rings is 2. The van der Waals surface area contributed by atoms with Gasteiger partial charge in [-0.3, -0.25) is 4.74 Å². The van der Waals surface area contributed by atoms with E-state index in [2.05, 4.69) is 19.8 Å².